The Hall–Kier alpha value is -7.12. The van der Waals surface area contributed by atoms with Gasteiger partial charge >= 0.3 is 11.9 Å². The number of benzene rings is 6. The summed E-state index contributed by atoms with van der Waals surface area (Å²) in [4.78, 5) is 48.7. The molecular weight excluding hydrogens is 925 g/mol. The van der Waals surface area contributed by atoms with Gasteiger partial charge in [0.15, 0.2) is 23.8 Å². The molecule has 0 spiro atoms. The molecular formula is C56H53BrN2O9. The molecule has 0 saturated carbocycles. The first-order valence-corrected chi connectivity index (χ1v) is 22.9. The number of ketones is 2. The van der Waals surface area contributed by atoms with E-state index in [4.69, 9.17) is 24.4 Å². The van der Waals surface area contributed by atoms with E-state index >= 15 is 0 Å². The maximum atomic E-state index is 13.5. The fourth-order valence-electron chi connectivity index (χ4n) is 7.81. The van der Waals surface area contributed by atoms with E-state index in [9.17, 15) is 19.2 Å². The van der Waals surface area contributed by atoms with Crippen molar-refractivity contribution in [2.24, 2.45) is 0 Å². The van der Waals surface area contributed by atoms with E-state index < -0.39 is 24.1 Å². The van der Waals surface area contributed by atoms with Gasteiger partial charge in [-0.25, -0.2) is 9.59 Å². The monoisotopic (exact) mass is 976 g/mol. The molecule has 0 radical (unpaired) electrons. The Balaban J connectivity index is 0.000000202. The summed E-state index contributed by atoms with van der Waals surface area (Å²) in [6, 6.07) is 42.7. The molecule has 348 valence electrons. The lowest BCUT2D eigenvalue weighted by Gasteiger charge is -2.12. The number of aryl methyl sites for hydroxylation is 2. The van der Waals surface area contributed by atoms with E-state index in [1.165, 1.54) is 13.8 Å². The third-order valence-electron chi connectivity index (χ3n) is 11.9. The number of carbonyl (C=O) groups excluding carboxylic acids is 2. The van der Waals surface area contributed by atoms with Crippen molar-refractivity contribution in [1.29, 1.82) is 0 Å². The van der Waals surface area contributed by atoms with E-state index in [1.807, 2.05) is 160 Å². The highest BCUT2D eigenvalue weighted by Gasteiger charge is 2.23. The van der Waals surface area contributed by atoms with Crippen molar-refractivity contribution in [3.8, 4) is 5.75 Å². The lowest BCUT2D eigenvalue weighted by molar-refractivity contribution is -0.150. The number of carboxylic acid groups (broad SMARTS) is 2. The molecule has 8 rings (SSSR count). The third-order valence-corrected chi connectivity index (χ3v) is 12.4. The van der Waals surface area contributed by atoms with Crippen molar-refractivity contribution in [1.82, 2.24) is 9.13 Å². The molecule has 0 unspecified atom stereocenters. The summed E-state index contributed by atoms with van der Waals surface area (Å²) in [6.45, 7) is 10.6. The molecule has 2 aromatic heterocycles. The standard InChI is InChI=1S/C29H29NO5.C27H24BrNO4/c1-18-5-11-23(12-6-18)28(31)27-19(2)30(26-15-24(34-4)13-14-25(26)27)16-21-7-9-22(10-8-21)17-35-20(3)29(32)33;1-17-3-9-21(10-4-17)26(30)24-15-29(25-13-22(28)11-12-23(24)25)14-19-5-7-20(8-6-19)16-33-18(2)27(31)32/h5-15,20H,16-17H2,1-4H3,(H,32,33);3-13,15,18H,14,16H2,1-2H3,(H,31,32)/t20-;18-/m11/s1. The van der Waals surface area contributed by atoms with Gasteiger partial charge in [-0.05, 0) is 81.1 Å². The highest BCUT2D eigenvalue weighted by molar-refractivity contribution is 9.10. The number of rotatable bonds is 17. The zero-order chi connectivity index (χ0) is 48.6. The smallest absolute Gasteiger partial charge is 0.332 e. The van der Waals surface area contributed by atoms with E-state index in [0.717, 1.165) is 71.1 Å². The number of halogens is 1. The van der Waals surface area contributed by atoms with Crippen LogP contribution in [0.2, 0.25) is 0 Å². The molecule has 0 bridgehead atoms. The molecule has 2 heterocycles. The number of carboxylic acids is 2. The largest absolute Gasteiger partial charge is 0.497 e. The molecule has 0 fully saturated rings. The second kappa shape index (κ2) is 21.7. The summed E-state index contributed by atoms with van der Waals surface area (Å²) < 4.78 is 21.3. The highest BCUT2D eigenvalue weighted by Crippen LogP contribution is 2.32. The zero-order valence-corrected chi connectivity index (χ0v) is 40.4. The van der Waals surface area contributed by atoms with Crippen LogP contribution in [0, 0.1) is 20.8 Å². The molecule has 2 N–H and O–H groups in total. The zero-order valence-electron chi connectivity index (χ0n) is 38.8. The number of hydrogen-bond donors (Lipinski definition) is 2. The minimum atomic E-state index is -0.983. The van der Waals surface area contributed by atoms with E-state index in [1.54, 1.807) is 7.11 Å². The van der Waals surface area contributed by atoms with Gasteiger partial charge in [0.2, 0.25) is 0 Å². The summed E-state index contributed by atoms with van der Waals surface area (Å²) >= 11 is 3.55. The quantitative estimate of drug-likeness (QED) is 0.0851. The first-order chi connectivity index (χ1) is 32.6. The summed E-state index contributed by atoms with van der Waals surface area (Å²) in [6.07, 6.45) is 0.215. The Morgan fingerprint density at radius 1 is 0.574 bits per heavy atom. The maximum Gasteiger partial charge on any atom is 0.332 e. The Labute approximate surface area is 403 Å². The van der Waals surface area contributed by atoms with Crippen molar-refractivity contribution in [2.45, 2.75) is 73.1 Å². The Morgan fingerprint density at radius 2 is 1.06 bits per heavy atom. The van der Waals surface area contributed by atoms with Gasteiger partial charge < -0.3 is 33.6 Å². The normalized spacial score (nSPS) is 12.0. The number of fused-ring (bicyclic) bond motifs is 2. The van der Waals surface area contributed by atoms with E-state index in [-0.39, 0.29) is 24.8 Å². The van der Waals surface area contributed by atoms with Gasteiger partial charge in [0.05, 0.1) is 36.9 Å². The maximum absolute atomic E-state index is 13.5. The molecule has 0 amide bonds. The van der Waals surface area contributed by atoms with Crippen molar-refractivity contribution < 1.29 is 43.6 Å². The van der Waals surface area contributed by atoms with Gasteiger partial charge in [0, 0.05) is 63.0 Å². The number of methoxy groups -OCH3 is 1. The van der Waals surface area contributed by atoms with Gasteiger partial charge in [-0.2, -0.15) is 0 Å². The molecule has 0 aliphatic carbocycles. The summed E-state index contributed by atoms with van der Waals surface area (Å²) in [7, 11) is 1.63. The van der Waals surface area contributed by atoms with Crippen LogP contribution in [0.25, 0.3) is 21.8 Å². The molecule has 2 atom stereocenters. The van der Waals surface area contributed by atoms with Crippen LogP contribution in [0.1, 0.15) is 84.8 Å². The molecule has 0 aliphatic rings. The third kappa shape index (κ3) is 11.5. The minimum absolute atomic E-state index is 0.00104. The highest BCUT2D eigenvalue weighted by atomic mass is 79.9. The predicted molar refractivity (Wildman–Crippen MR) is 267 cm³/mol. The first-order valence-electron chi connectivity index (χ1n) is 22.1. The fourth-order valence-corrected chi connectivity index (χ4v) is 8.16. The average Bonchev–Trinajstić information content (AvgIpc) is 3.83. The molecule has 8 aromatic rings. The van der Waals surface area contributed by atoms with Crippen LogP contribution < -0.4 is 4.74 Å². The Bertz CT molecular complexity index is 3100. The topological polar surface area (TPSA) is 146 Å². The number of aromatic nitrogens is 2. The number of nitrogens with zero attached hydrogens (tertiary/aromatic N) is 2. The van der Waals surface area contributed by atoms with Gasteiger partial charge in [-0.1, -0.05) is 130 Å². The summed E-state index contributed by atoms with van der Waals surface area (Å²) in [5, 5.41) is 19.7. The lowest BCUT2D eigenvalue weighted by atomic mass is 9.99. The van der Waals surface area contributed by atoms with Crippen LogP contribution in [0.5, 0.6) is 5.75 Å². The van der Waals surface area contributed by atoms with Crippen LogP contribution in [0.4, 0.5) is 0 Å². The SMILES string of the molecule is COc1ccc2c(C(=O)c3ccc(C)cc3)c(C)n(Cc3ccc(CO[C@H](C)C(=O)O)cc3)c2c1.Cc1ccc(C(=O)c2cn(Cc3ccc(CO[C@H](C)C(=O)O)cc3)c3cc(Br)ccc23)cc1. The number of aliphatic carboxylic acids is 2. The van der Waals surface area contributed by atoms with Crippen LogP contribution in [0.15, 0.2) is 144 Å². The van der Waals surface area contributed by atoms with Crippen LogP contribution in [-0.4, -0.2) is 62.2 Å². The van der Waals surface area contributed by atoms with Crippen molar-refractivity contribution >= 4 is 61.2 Å². The summed E-state index contributed by atoms with van der Waals surface area (Å²) in [5.74, 6) is -1.24. The van der Waals surface area contributed by atoms with Crippen LogP contribution in [-0.2, 0) is 45.4 Å². The average molecular weight is 978 g/mol. The Kier molecular flexibility index (Phi) is 15.6. The second-order valence-corrected chi connectivity index (χ2v) is 17.8. The van der Waals surface area contributed by atoms with Crippen LogP contribution in [0.3, 0.4) is 0 Å². The van der Waals surface area contributed by atoms with Gasteiger partial charge in [-0.3, -0.25) is 9.59 Å². The number of ether oxygens (including phenoxy) is 3. The first kappa shape index (κ1) is 48.8. The molecule has 6 aromatic carbocycles. The molecule has 0 saturated heterocycles. The predicted octanol–water partition coefficient (Wildman–Crippen LogP) is 11.5. The Morgan fingerprint density at radius 3 is 1.57 bits per heavy atom. The number of hydrogen-bond acceptors (Lipinski definition) is 7. The minimum Gasteiger partial charge on any atom is -0.497 e. The fraction of sp³-hybridized carbons (Fsp3) is 0.214. The van der Waals surface area contributed by atoms with E-state index in [0.29, 0.717) is 35.3 Å². The van der Waals surface area contributed by atoms with E-state index in [2.05, 4.69) is 25.1 Å². The second-order valence-electron chi connectivity index (χ2n) is 16.9. The molecule has 12 heteroatoms. The van der Waals surface area contributed by atoms with Crippen molar-refractivity contribution in [3.05, 3.63) is 205 Å². The number of carbonyl (C=O) groups is 4. The summed E-state index contributed by atoms with van der Waals surface area (Å²) in [5.41, 5.74) is 11.6. The molecule has 11 nitrogen and oxygen atoms in total. The van der Waals surface area contributed by atoms with Crippen molar-refractivity contribution in [2.75, 3.05) is 7.11 Å². The van der Waals surface area contributed by atoms with Gasteiger partial charge in [0.25, 0.3) is 0 Å². The lowest BCUT2D eigenvalue weighted by Crippen LogP contribution is -2.19. The van der Waals surface area contributed by atoms with Gasteiger partial charge in [0.1, 0.15) is 5.75 Å². The van der Waals surface area contributed by atoms with Crippen LogP contribution >= 0.6 is 15.9 Å². The molecule has 0 aliphatic heterocycles. The van der Waals surface area contributed by atoms with Gasteiger partial charge in [-0.15, -0.1) is 0 Å². The molecule has 68 heavy (non-hydrogen) atoms. The van der Waals surface area contributed by atoms with Crippen molar-refractivity contribution in [3.63, 3.8) is 0 Å².